The number of phenolic OH excluding ortho intramolecular Hbond substituents is 1. The average molecular weight is 345 g/mol. The van der Waals surface area contributed by atoms with Crippen molar-refractivity contribution in [3.63, 3.8) is 0 Å². The number of rotatable bonds is 4. The lowest BCUT2D eigenvalue weighted by atomic mass is 10.1. The zero-order valence-electron chi connectivity index (χ0n) is 12.7. The van der Waals surface area contributed by atoms with Crippen molar-refractivity contribution in [2.24, 2.45) is 0 Å². The smallest absolute Gasteiger partial charge is 0.342 e. The van der Waals surface area contributed by atoms with E-state index in [2.05, 4.69) is 10.1 Å². The molecule has 6 nitrogen and oxygen atoms in total. The molecule has 7 heteroatoms. The lowest BCUT2D eigenvalue weighted by Crippen LogP contribution is -2.06. The van der Waals surface area contributed by atoms with Gasteiger partial charge in [0, 0.05) is 5.56 Å². The second kappa shape index (κ2) is 6.72. The number of esters is 1. The molecular formula is C17H13ClN2O4. The number of hydrogen-bond donors (Lipinski definition) is 1. The summed E-state index contributed by atoms with van der Waals surface area (Å²) in [5.41, 5.74) is 1.54. The second-order valence-electron chi connectivity index (χ2n) is 5.09. The van der Waals surface area contributed by atoms with Crippen molar-refractivity contribution in [2.75, 3.05) is 0 Å². The van der Waals surface area contributed by atoms with Crippen molar-refractivity contribution in [3.05, 3.63) is 64.5 Å². The highest BCUT2D eigenvalue weighted by atomic mass is 35.5. The molecule has 0 aliphatic carbocycles. The molecule has 0 aliphatic heterocycles. The number of ether oxygens (including phenoxy) is 1. The van der Waals surface area contributed by atoms with E-state index in [1.165, 1.54) is 6.07 Å². The van der Waals surface area contributed by atoms with Crippen LogP contribution in [0.5, 0.6) is 5.75 Å². The van der Waals surface area contributed by atoms with Gasteiger partial charge in [-0.1, -0.05) is 40.5 Å². The first-order valence-electron chi connectivity index (χ1n) is 7.09. The molecular weight excluding hydrogens is 332 g/mol. The van der Waals surface area contributed by atoms with Crippen LogP contribution in [0.1, 0.15) is 21.8 Å². The average Bonchev–Trinajstić information content (AvgIpc) is 3.04. The van der Waals surface area contributed by atoms with Crippen LogP contribution in [0.25, 0.3) is 11.4 Å². The number of carbonyl (C=O) groups is 1. The van der Waals surface area contributed by atoms with Crippen LogP contribution in [0.4, 0.5) is 0 Å². The highest BCUT2D eigenvalue weighted by Crippen LogP contribution is 2.25. The zero-order chi connectivity index (χ0) is 17.1. The van der Waals surface area contributed by atoms with Gasteiger partial charge in [0.05, 0.1) is 5.02 Å². The Morgan fingerprint density at radius 2 is 2.08 bits per heavy atom. The fourth-order valence-corrected chi connectivity index (χ4v) is 2.30. The molecule has 0 saturated carbocycles. The topological polar surface area (TPSA) is 85.5 Å². The third-order valence-corrected chi connectivity index (χ3v) is 3.61. The fraction of sp³-hybridized carbons (Fsp3) is 0.118. The summed E-state index contributed by atoms with van der Waals surface area (Å²) in [6.45, 7) is 1.60. The van der Waals surface area contributed by atoms with Gasteiger partial charge in [-0.2, -0.15) is 4.98 Å². The van der Waals surface area contributed by atoms with Crippen molar-refractivity contribution in [1.29, 1.82) is 0 Å². The molecule has 2 aromatic carbocycles. The van der Waals surface area contributed by atoms with E-state index in [1.54, 1.807) is 36.4 Å². The number of nitrogens with zero attached hydrogens (tertiary/aromatic N) is 2. The first kappa shape index (κ1) is 16.0. The Hall–Kier alpha value is -2.86. The van der Waals surface area contributed by atoms with Crippen LogP contribution >= 0.6 is 11.6 Å². The van der Waals surface area contributed by atoms with Crippen LogP contribution in [0.3, 0.4) is 0 Å². The molecule has 1 N–H and O–H groups in total. The Morgan fingerprint density at radius 3 is 2.88 bits per heavy atom. The molecule has 0 fully saturated rings. The molecule has 0 aliphatic rings. The summed E-state index contributed by atoms with van der Waals surface area (Å²) in [5, 5.41) is 14.0. The van der Waals surface area contributed by atoms with Crippen molar-refractivity contribution in [3.8, 4) is 17.1 Å². The first-order chi connectivity index (χ1) is 11.5. The van der Waals surface area contributed by atoms with Gasteiger partial charge in [-0.3, -0.25) is 0 Å². The molecule has 1 aromatic heterocycles. The summed E-state index contributed by atoms with van der Waals surface area (Å²) in [6.07, 6.45) is 0. The number of hydrogen-bond acceptors (Lipinski definition) is 6. The van der Waals surface area contributed by atoms with Gasteiger partial charge in [-0.25, -0.2) is 4.79 Å². The first-order valence-corrected chi connectivity index (χ1v) is 7.46. The molecule has 3 aromatic rings. The number of carbonyl (C=O) groups excluding carboxylic acids is 1. The van der Waals surface area contributed by atoms with E-state index in [9.17, 15) is 9.90 Å². The minimum Gasteiger partial charge on any atom is -0.507 e. The van der Waals surface area contributed by atoms with Crippen LogP contribution < -0.4 is 0 Å². The number of benzene rings is 2. The predicted octanol–water partition coefficient (Wildman–Crippen LogP) is 3.76. The summed E-state index contributed by atoms with van der Waals surface area (Å²) < 4.78 is 10.2. The number of halogens is 1. The Bertz CT molecular complexity index is 892. The Balaban J connectivity index is 1.71. The summed E-state index contributed by atoms with van der Waals surface area (Å²) >= 11 is 6.07. The van der Waals surface area contributed by atoms with Crippen molar-refractivity contribution >= 4 is 17.6 Å². The number of aromatic nitrogens is 2. The molecule has 0 atom stereocenters. The van der Waals surface area contributed by atoms with E-state index >= 15 is 0 Å². The van der Waals surface area contributed by atoms with E-state index in [1.807, 2.05) is 6.92 Å². The van der Waals surface area contributed by atoms with Crippen molar-refractivity contribution in [1.82, 2.24) is 10.1 Å². The Kier molecular flexibility index (Phi) is 4.48. The van der Waals surface area contributed by atoms with Crippen LogP contribution in [-0.2, 0) is 11.3 Å². The van der Waals surface area contributed by atoms with E-state index in [0.717, 1.165) is 5.56 Å². The van der Waals surface area contributed by atoms with Gasteiger partial charge in [0.2, 0.25) is 5.82 Å². The van der Waals surface area contributed by atoms with Gasteiger partial charge in [-0.05, 0) is 31.2 Å². The molecule has 0 saturated heterocycles. The third-order valence-electron chi connectivity index (χ3n) is 3.28. The number of phenols is 1. The van der Waals surface area contributed by atoms with Gasteiger partial charge < -0.3 is 14.4 Å². The molecule has 3 rings (SSSR count). The minimum absolute atomic E-state index is 0.0841. The summed E-state index contributed by atoms with van der Waals surface area (Å²) in [6, 6.07) is 11.7. The maximum Gasteiger partial charge on any atom is 0.342 e. The van der Waals surface area contributed by atoms with Crippen LogP contribution in [0, 0.1) is 6.92 Å². The molecule has 0 radical (unpaired) electrons. The highest BCUT2D eigenvalue weighted by Gasteiger charge is 2.16. The van der Waals surface area contributed by atoms with Crippen LogP contribution in [-0.4, -0.2) is 21.2 Å². The van der Waals surface area contributed by atoms with Crippen molar-refractivity contribution < 1.29 is 19.2 Å². The molecule has 24 heavy (non-hydrogen) atoms. The minimum atomic E-state index is -0.673. The quantitative estimate of drug-likeness (QED) is 0.725. The fourth-order valence-electron chi connectivity index (χ4n) is 2.08. The second-order valence-corrected chi connectivity index (χ2v) is 5.50. The molecule has 0 amide bonds. The maximum atomic E-state index is 12.0. The molecule has 0 unspecified atom stereocenters. The molecule has 0 spiro atoms. The summed E-state index contributed by atoms with van der Waals surface area (Å²) in [4.78, 5) is 16.2. The highest BCUT2D eigenvalue weighted by molar-refractivity contribution is 6.33. The predicted molar refractivity (Wildman–Crippen MR) is 86.7 cm³/mol. The normalized spacial score (nSPS) is 10.6. The third kappa shape index (κ3) is 3.38. The Morgan fingerprint density at radius 1 is 1.29 bits per heavy atom. The van der Waals surface area contributed by atoms with E-state index < -0.39 is 5.97 Å². The van der Waals surface area contributed by atoms with Gasteiger partial charge in [-0.15, -0.1) is 0 Å². The summed E-state index contributed by atoms with van der Waals surface area (Å²) in [5.74, 6) is -0.378. The van der Waals surface area contributed by atoms with Gasteiger partial charge in [0.25, 0.3) is 5.89 Å². The SMILES string of the molecule is Cc1ccc(O)c(C(=O)OCc2nc(-c3ccccc3Cl)no2)c1. The zero-order valence-corrected chi connectivity index (χ0v) is 13.4. The molecule has 0 bridgehead atoms. The molecule has 122 valence electrons. The lowest BCUT2D eigenvalue weighted by Gasteiger charge is -2.05. The van der Waals surface area contributed by atoms with Crippen molar-refractivity contribution in [2.45, 2.75) is 13.5 Å². The van der Waals surface area contributed by atoms with Gasteiger partial charge >= 0.3 is 5.97 Å². The van der Waals surface area contributed by atoms with Crippen LogP contribution in [0.15, 0.2) is 47.0 Å². The summed E-state index contributed by atoms with van der Waals surface area (Å²) in [7, 11) is 0. The monoisotopic (exact) mass is 344 g/mol. The lowest BCUT2D eigenvalue weighted by molar-refractivity contribution is 0.0426. The van der Waals surface area contributed by atoms with Gasteiger partial charge in [0.15, 0.2) is 6.61 Å². The molecule has 1 heterocycles. The van der Waals surface area contributed by atoms with E-state index in [4.69, 9.17) is 20.9 Å². The largest absolute Gasteiger partial charge is 0.507 e. The standard InChI is InChI=1S/C17H13ClN2O4/c1-10-6-7-14(21)12(8-10)17(22)23-9-15-19-16(20-24-15)11-4-2-3-5-13(11)18/h2-8,21H,9H2,1H3. The Labute approximate surface area is 142 Å². The van der Waals surface area contributed by atoms with Crippen LogP contribution in [0.2, 0.25) is 5.02 Å². The maximum absolute atomic E-state index is 12.0. The number of aromatic hydroxyl groups is 1. The van der Waals surface area contributed by atoms with Gasteiger partial charge in [0.1, 0.15) is 11.3 Å². The van der Waals surface area contributed by atoms with E-state index in [0.29, 0.717) is 16.4 Å². The van der Waals surface area contributed by atoms with E-state index in [-0.39, 0.29) is 23.8 Å². The number of aryl methyl sites for hydroxylation is 1.